The van der Waals surface area contributed by atoms with Crippen LogP contribution in [-0.2, 0) is 0 Å². The molecule has 0 saturated carbocycles. The highest BCUT2D eigenvalue weighted by Crippen LogP contribution is 2.28. The third kappa shape index (κ3) is 4.02. The van der Waals surface area contributed by atoms with Crippen molar-refractivity contribution in [2.24, 2.45) is 0 Å². The molecule has 0 spiro atoms. The molecule has 1 atom stereocenters. The van der Waals surface area contributed by atoms with E-state index >= 15 is 0 Å². The number of pyridine rings is 1. The SMILES string of the molecule is CCCNC(c1cncc(Br)c1)c1ccc(OC)cc1F. The van der Waals surface area contributed by atoms with Crippen LogP contribution in [0.1, 0.15) is 30.5 Å². The van der Waals surface area contributed by atoms with Gasteiger partial charge in [-0.25, -0.2) is 4.39 Å². The number of hydrogen-bond donors (Lipinski definition) is 1. The number of rotatable bonds is 6. The van der Waals surface area contributed by atoms with Crippen molar-refractivity contribution in [2.45, 2.75) is 19.4 Å². The summed E-state index contributed by atoms with van der Waals surface area (Å²) in [6.45, 7) is 2.87. The zero-order valence-electron chi connectivity index (χ0n) is 12.1. The van der Waals surface area contributed by atoms with Crippen LogP contribution in [-0.4, -0.2) is 18.6 Å². The Labute approximate surface area is 132 Å². The average Bonchev–Trinajstić information content (AvgIpc) is 2.49. The number of hydrogen-bond acceptors (Lipinski definition) is 3. The lowest BCUT2D eigenvalue weighted by Crippen LogP contribution is -2.24. The van der Waals surface area contributed by atoms with Gasteiger partial charge in [-0.1, -0.05) is 13.0 Å². The van der Waals surface area contributed by atoms with Gasteiger partial charge >= 0.3 is 0 Å². The van der Waals surface area contributed by atoms with Gasteiger partial charge in [-0.2, -0.15) is 0 Å². The van der Waals surface area contributed by atoms with Gasteiger partial charge in [0.05, 0.1) is 13.2 Å². The molecule has 5 heteroatoms. The molecular formula is C16H18BrFN2O. The third-order valence-electron chi connectivity index (χ3n) is 3.18. The average molecular weight is 353 g/mol. The summed E-state index contributed by atoms with van der Waals surface area (Å²) in [5.41, 5.74) is 1.51. The fourth-order valence-electron chi connectivity index (χ4n) is 2.15. The molecule has 0 aliphatic rings. The maximum absolute atomic E-state index is 14.3. The Morgan fingerprint density at radius 2 is 2.14 bits per heavy atom. The molecule has 1 N–H and O–H groups in total. The molecule has 2 rings (SSSR count). The molecule has 0 fully saturated rings. The van der Waals surface area contributed by atoms with Crippen LogP contribution >= 0.6 is 15.9 Å². The standard InChI is InChI=1S/C16H18BrFN2O/c1-3-6-20-16(11-7-12(17)10-19-9-11)14-5-4-13(21-2)8-15(14)18/h4-5,7-10,16,20H,3,6H2,1-2H3. The van der Waals surface area contributed by atoms with Crippen molar-refractivity contribution in [3.8, 4) is 5.75 Å². The van der Waals surface area contributed by atoms with E-state index in [4.69, 9.17) is 4.74 Å². The molecule has 0 radical (unpaired) electrons. The Morgan fingerprint density at radius 1 is 1.33 bits per heavy atom. The van der Waals surface area contributed by atoms with Crippen LogP contribution in [0.25, 0.3) is 0 Å². The van der Waals surface area contributed by atoms with Gasteiger partial charge in [0.1, 0.15) is 11.6 Å². The Kier molecular flexibility index (Phi) is 5.70. The van der Waals surface area contributed by atoms with E-state index in [1.54, 1.807) is 24.5 Å². The van der Waals surface area contributed by atoms with Gasteiger partial charge in [-0.15, -0.1) is 0 Å². The second kappa shape index (κ2) is 7.52. The van der Waals surface area contributed by atoms with Crippen molar-refractivity contribution >= 4 is 15.9 Å². The fourth-order valence-corrected chi connectivity index (χ4v) is 2.53. The van der Waals surface area contributed by atoms with E-state index < -0.39 is 0 Å². The predicted octanol–water partition coefficient (Wildman–Crippen LogP) is 4.08. The minimum atomic E-state index is -0.289. The van der Waals surface area contributed by atoms with E-state index in [9.17, 15) is 4.39 Å². The van der Waals surface area contributed by atoms with Crippen LogP contribution in [0.3, 0.4) is 0 Å². The van der Waals surface area contributed by atoms with Crippen LogP contribution < -0.4 is 10.1 Å². The van der Waals surface area contributed by atoms with Crippen molar-refractivity contribution < 1.29 is 9.13 Å². The molecule has 0 amide bonds. The molecule has 1 unspecified atom stereocenters. The lowest BCUT2D eigenvalue weighted by Gasteiger charge is -2.20. The van der Waals surface area contributed by atoms with E-state index in [1.807, 2.05) is 6.07 Å². The summed E-state index contributed by atoms with van der Waals surface area (Å²) in [6.07, 6.45) is 4.43. The molecule has 0 aliphatic carbocycles. The summed E-state index contributed by atoms with van der Waals surface area (Å²) in [7, 11) is 1.53. The number of ether oxygens (including phenoxy) is 1. The Balaban J connectivity index is 2.40. The molecular weight excluding hydrogens is 335 g/mol. The number of nitrogens with one attached hydrogen (secondary N) is 1. The lowest BCUT2D eigenvalue weighted by molar-refractivity contribution is 0.410. The Hall–Kier alpha value is -1.46. The van der Waals surface area contributed by atoms with Crippen LogP contribution in [0, 0.1) is 5.82 Å². The highest BCUT2D eigenvalue weighted by molar-refractivity contribution is 9.10. The van der Waals surface area contributed by atoms with Crippen LogP contribution in [0.2, 0.25) is 0 Å². The van der Waals surface area contributed by atoms with Crippen LogP contribution in [0.5, 0.6) is 5.75 Å². The molecule has 1 aromatic carbocycles. The second-order valence-electron chi connectivity index (χ2n) is 4.71. The minimum Gasteiger partial charge on any atom is -0.497 e. The first kappa shape index (κ1) is 15.9. The van der Waals surface area contributed by atoms with Crippen molar-refractivity contribution in [3.63, 3.8) is 0 Å². The normalized spacial score (nSPS) is 12.2. The zero-order chi connectivity index (χ0) is 15.2. The number of nitrogens with zero attached hydrogens (tertiary/aromatic N) is 1. The van der Waals surface area contributed by atoms with Crippen molar-refractivity contribution in [1.82, 2.24) is 10.3 Å². The highest BCUT2D eigenvalue weighted by Gasteiger charge is 2.18. The zero-order valence-corrected chi connectivity index (χ0v) is 13.7. The topological polar surface area (TPSA) is 34.2 Å². The van der Waals surface area contributed by atoms with Crippen molar-refractivity contribution in [1.29, 1.82) is 0 Å². The Bertz CT molecular complexity index is 607. The van der Waals surface area contributed by atoms with Gasteiger partial charge in [0, 0.05) is 28.5 Å². The van der Waals surface area contributed by atoms with E-state index in [2.05, 4.69) is 33.2 Å². The van der Waals surface area contributed by atoms with Gasteiger partial charge in [0.15, 0.2) is 0 Å². The number of benzene rings is 1. The highest BCUT2D eigenvalue weighted by atomic mass is 79.9. The molecule has 0 bridgehead atoms. The first-order chi connectivity index (χ1) is 10.2. The van der Waals surface area contributed by atoms with E-state index in [0.717, 1.165) is 23.0 Å². The fraction of sp³-hybridized carbons (Fsp3) is 0.312. The molecule has 0 saturated heterocycles. The summed E-state index contributed by atoms with van der Waals surface area (Å²) < 4.78 is 20.3. The quantitative estimate of drug-likeness (QED) is 0.850. The first-order valence-corrected chi connectivity index (χ1v) is 7.62. The number of methoxy groups -OCH3 is 1. The van der Waals surface area contributed by atoms with Crippen LogP contribution in [0.15, 0.2) is 41.1 Å². The lowest BCUT2D eigenvalue weighted by atomic mass is 9.99. The second-order valence-corrected chi connectivity index (χ2v) is 5.63. The van der Waals surface area contributed by atoms with Crippen molar-refractivity contribution in [2.75, 3.05) is 13.7 Å². The van der Waals surface area contributed by atoms with Gasteiger partial charge in [-0.3, -0.25) is 4.98 Å². The maximum atomic E-state index is 14.3. The Morgan fingerprint density at radius 3 is 2.76 bits per heavy atom. The summed E-state index contributed by atoms with van der Waals surface area (Å²) in [5.74, 6) is 0.223. The minimum absolute atomic E-state index is 0.235. The van der Waals surface area contributed by atoms with E-state index in [0.29, 0.717) is 11.3 Å². The van der Waals surface area contributed by atoms with E-state index in [1.165, 1.54) is 13.2 Å². The summed E-state index contributed by atoms with van der Waals surface area (Å²) in [6, 6.07) is 6.64. The molecule has 1 aromatic heterocycles. The molecule has 112 valence electrons. The summed E-state index contributed by atoms with van der Waals surface area (Å²) in [4.78, 5) is 4.17. The monoisotopic (exact) mass is 352 g/mol. The molecule has 0 aliphatic heterocycles. The number of aromatic nitrogens is 1. The van der Waals surface area contributed by atoms with Gasteiger partial charge in [0.25, 0.3) is 0 Å². The van der Waals surface area contributed by atoms with Gasteiger partial charge in [-0.05, 0) is 46.6 Å². The van der Waals surface area contributed by atoms with Crippen molar-refractivity contribution in [3.05, 3.63) is 58.1 Å². The number of halogens is 2. The molecule has 1 heterocycles. The summed E-state index contributed by atoms with van der Waals surface area (Å²) >= 11 is 3.41. The van der Waals surface area contributed by atoms with Gasteiger partial charge < -0.3 is 10.1 Å². The maximum Gasteiger partial charge on any atom is 0.132 e. The largest absolute Gasteiger partial charge is 0.497 e. The summed E-state index contributed by atoms with van der Waals surface area (Å²) in [5, 5.41) is 3.37. The van der Waals surface area contributed by atoms with Crippen LogP contribution in [0.4, 0.5) is 4.39 Å². The molecule has 21 heavy (non-hydrogen) atoms. The van der Waals surface area contributed by atoms with E-state index in [-0.39, 0.29) is 11.9 Å². The predicted molar refractivity (Wildman–Crippen MR) is 85.0 cm³/mol. The molecule has 2 aromatic rings. The molecule has 3 nitrogen and oxygen atoms in total. The third-order valence-corrected chi connectivity index (χ3v) is 3.61. The van der Waals surface area contributed by atoms with Gasteiger partial charge in [0.2, 0.25) is 0 Å². The first-order valence-electron chi connectivity index (χ1n) is 6.83. The smallest absolute Gasteiger partial charge is 0.132 e.